The van der Waals surface area contributed by atoms with Crippen molar-refractivity contribution in [2.75, 3.05) is 6.61 Å². The largest absolute Gasteiger partial charge is 0.491 e. The van der Waals surface area contributed by atoms with E-state index in [9.17, 15) is 9.18 Å². The van der Waals surface area contributed by atoms with E-state index < -0.39 is 5.97 Å². The Balaban J connectivity index is 1.52. The molecule has 2 aromatic rings. The molecule has 0 amide bonds. The van der Waals surface area contributed by atoms with Gasteiger partial charge in [-0.05, 0) is 41.8 Å². The molecule has 0 aliphatic rings. The van der Waals surface area contributed by atoms with Crippen LogP contribution in [0.3, 0.4) is 0 Å². The van der Waals surface area contributed by atoms with E-state index in [1.807, 2.05) is 0 Å². The predicted octanol–water partition coefficient (Wildman–Crippen LogP) is 9.05. The quantitative estimate of drug-likeness (QED) is 0.228. The smallest absolute Gasteiger partial charge is 0.335 e. The van der Waals surface area contributed by atoms with Crippen molar-refractivity contribution in [3.63, 3.8) is 0 Å². The minimum absolute atomic E-state index is 0.215. The molecule has 2 rings (SSSR count). The predicted molar refractivity (Wildman–Crippen MR) is 135 cm³/mol. The van der Waals surface area contributed by atoms with Crippen LogP contribution in [0.4, 0.5) is 4.39 Å². The van der Waals surface area contributed by atoms with Gasteiger partial charge in [-0.25, -0.2) is 9.18 Å². The van der Waals surface area contributed by atoms with E-state index in [0.29, 0.717) is 12.2 Å². The average molecular weight is 457 g/mol. The Morgan fingerprint density at radius 1 is 0.727 bits per heavy atom. The highest BCUT2D eigenvalue weighted by Gasteiger charge is 2.08. The third-order valence-corrected chi connectivity index (χ3v) is 6.15. The van der Waals surface area contributed by atoms with Crippen molar-refractivity contribution in [2.24, 2.45) is 0 Å². The molecule has 33 heavy (non-hydrogen) atoms. The van der Waals surface area contributed by atoms with Crippen LogP contribution in [0.2, 0.25) is 0 Å². The summed E-state index contributed by atoms with van der Waals surface area (Å²) in [4.78, 5) is 11.0. The number of aromatic carboxylic acids is 1. The minimum atomic E-state index is -0.972. The van der Waals surface area contributed by atoms with E-state index >= 15 is 0 Å². The molecule has 0 radical (unpaired) electrons. The molecule has 0 spiro atoms. The Labute approximate surface area is 199 Å². The second kappa shape index (κ2) is 16.3. The fourth-order valence-corrected chi connectivity index (χ4v) is 4.08. The van der Waals surface area contributed by atoms with Gasteiger partial charge in [0.15, 0.2) is 11.6 Å². The van der Waals surface area contributed by atoms with Crippen LogP contribution in [0.15, 0.2) is 42.5 Å². The second-order valence-corrected chi connectivity index (χ2v) is 8.97. The SMILES string of the molecule is CCCCCCCCCCCCCCCCOc1ccc(-c2ccc(C(=O)O)cc2)cc1F. The summed E-state index contributed by atoms with van der Waals surface area (Å²) in [7, 11) is 0. The highest BCUT2D eigenvalue weighted by molar-refractivity contribution is 5.88. The molecule has 0 saturated heterocycles. The van der Waals surface area contributed by atoms with Crippen LogP contribution in [0.1, 0.15) is 107 Å². The van der Waals surface area contributed by atoms with Gasteiger partial charge in [0.25, 0.3) is 0 Å². The molecule has 0 fully saturated rings. The second-order valence-electron chi connectivity index (χ2n) is 8.97. The van der Waals surface area contributed by atoms with Gasteiger partial charge in [-0.3, -0.25) is 0 Å². The lowest BCUT2D eigenvalue weighted by Crippen LogP contribution is -1.99. The van der Waals surface area contributed by atoms with Gasteiger partial charge in [-0.15, -0.1) is 0 Å². The fraction of sp³-hybridized carbons (Fsp3) is 0.552. The first-order valence-corrected chi connectivity index (χ1v) is 12.9. The zero-order valence-corrected chi connectivity index (χ0v) is 20.3. The van der Waals surface area contributed by atoms with E-state index in [2.05, 4.69) is 6.92 Å². The number of carboxylic acid groups (broad SMARTS) is 1. The number of benzene rings is 2. The summed E-state index contributed by atoms with van der Waals surface area (Å²) < 4.78 is 20.0. The molecule has 0 bridgehead atoms. The zero-order valence-electron chi connectivity index (χ0n) is 20.3. The Morgan fingerprint density at radius 2 is 1.21 bits per heavy atom. The first-order chi connectivity index (χ1) is 16.1. The van der Waals surface area contributed by atoms with Crippen molar-refractivity contribution in [1.82, 2.24) is 0 Å². The summed E-state index contributed by atoms with van der Waals surface area (Å²) in [5.74, 6) is -1.09. The Bertz CT molecular complexity index is 801. The molecular formula is C29H41FO3. The highest BCUT2D eigenvalue weighted by atomic mass is 19.1. The van der Waals surface area contributed by atoms with Crippen molar-refractivity contribution < 1.29 is 19.0 Å². The number of unbranched alkanes of at least 4 members (excludes halogenated alkanes) is 13. The molecule has 0 atom stereocenters. The molecule has 1 N–H and O–H groups in total. The molecule has 0 aliphatic carbocycles. The van der Waals surface area contributed by atoms with Crippen LogP contribution < -0.4 is 4.74 Å². The van der Waals surface area contributed by atoms with E-state index in [-0.39, 0.29) is 17.1 Å². The van der Waals surface area contributed by atoms with E-state index in [4.69, 9.17) is 9.84 Å². The van der Waals surface area contributed by atoms with Gasteiger partial charge in [0.1, 0.15) is 0 Å². The molecule has 4 heteroatoms. The third-order valence-electron chi connectivity index (χ3n) is 6.15. The Morgan fingerprint density at radius 3 is 1.70 bits per heavy atom. The summed E-state index contributed by atoms with van der Waals surface area (Å²) in [6.45, 7) is 2.79. The summed E-state index contributed by atoms with van der Waals surface area (Å²) in [6, 6.07) is 11.3. The number of carboxylic acids is 1. The first kappa shape index (κ1) is 26.9. The number of rotatable bonds is 18. The minimum Gasteiger partial charge on any atom is -0.491 e. The first-order valence-electron chi connectivity index (χ1n) is 12.9. The molecule has 2 aromatic carbocycles. The van der Waals surface area contributed by atoms with Crippen molar-refractivity contribution >= 4 is 5.97 Å². The van der Waals surface area contributed by atoms with Crippen molar-refractivity contribution in [2.45, 2.75) is 96.8 Å². The number of halogens is 1. The van der Waals surface area contributed by atoms with Crippen molar-refractivity contribution in [3.8, 4) is 16.9 Å². The van der Waals surface area contributed by atoms with Gasteiger partial charge < -0.3 is 9.84 Å². The number of hydrogen-bond acceptors (Lipinski definition) is 2. The summed E-state index contributed by atoms with van der Waals surface area (Å²) in [5.41, 5.74) is 1.69. The topological polar surface area (TPSA) is 46.5 Å². The van der Waals surface area contributed by atoms with Gasteiger partial charge in [0.2, 0.25) is 0 Å². The number of ether oxygens (including phenoxy) is 1. The summed E-state index contributed by atoms with van der Waals surface area (Å²) >= 11 is 0. The van der Waals surface area contributed by atoms with Gasteiger partial charge in [-0.1, -0.05) is 109 Å². The van der Waals surface area contributed by atoms with Gasteiger partial charge in [0.05, 0.1) is 12.2 Å². The molecule has 0 saturated carbocycles. The van der Waals surface area contributed by atoms with Crippen LogP contribution in [0, 0.1) is 5.82 Å². The van der Waals surface area contributed by atoms with Crippen LogP contribution in [0.25, 0.3) is 11.1 Å². The fourth-order valence-electron chi connectivity index (χ4n) is 4.08. The average Bonchev–Trinajstić information content (AvgIpc) is 2.82. The molecule has 0 heterocycles. The summed E-state index contributed by atoms with van der Waals surface area (Å²) in [6.07, 6.45) is 18.3. The van der Waals surface area contributed by atoms with Gasteiger partial charge in [-0.2, -0.15) is 0 Å². The van der Waals surface area contributed by atoms with Crippen LogP contribution in [-0.4, -0.2) is 17.7 Å². The molecule has 182 valence electrons. The van der Waals surface area contributed by atoms with E-state index in [1.165, 1.54) is 95.2 Å². The maximum Gasteiger partial charge on any atom is 0.335 e. The van der Waals surface area contributed by atoms with E-state index in [1.54, 1.807) is 24.3 Å². The molecule has 0 unspecified atom stereocenters. The van der Waals surface area contributed by atoms with Crippen molar-refractivity contribution in [3.05, 3.63) is 53.8 Å². The lowest BCUT2D eigenvalue weighted by Gasteiger charge is -2.09. The van der Waals surface area contributed by atoms with Crippen LogP contribution in [-0.2, 0) is 0 Å². The number of carbonyl (C=O) groups is 1. The Kier molecular flexibility index (Phi) is 13.3. The normalized spacial score (nSPS) is 11.0. The highest BCUT2D eigenvalue weighted by Crippen LogP contribution is 2.26. The molecule has 0 aliphatic heterocycles. The standard InChI is InChI=1S/C29H41FO3/c1-2-3-4-5-6-7-8-9-10-11-12-13-14-15-22-33-28-21-20-26(23-27(28)30)24-16-18-25(19-17-24)29(31)32/h16-21,23H,2-15,22H2,1H3,(H,31,32). The maximum atomic E-state index is 14.4. The van der Waals surface area contributed by atoms with Crippen molar-refractivity contribution in [1.29, 1.82) is 0 Å². The third kappa shape index (κ3) is 10.9. The molecule has 3 nitrogen and oxygen atoms in total. The summed E-state index contributed by atoms with van der Waals surface area (Å²) in [5, 5.41) is 8.98. The molecule has 0 aromatic heterocycles. The van der Waals surface area contributed by atoms with Crippen LogP contribution >= 0.6 is 0 Å². The molecular weight excluding hydrogens is 415 g/mol. The van der Waals surface area contributed by atoms with Gasteiger partial charge >= 0.3 is 5.97 Å². The van der Waals surface area contributed by atoms with Crippen LogP contribution in [0.5, 0.6) is 5.75 Å². The lowest BCUT2D eigenvalue weighted by molar-refractivity contribution is 0.0697. The van der Waals surface area contributed by atoms with Gasteiger partial charge in [0, 0.05) is 0 Å². The number of hydrogen-bond donors (Lipinski definition) is 1. The zero-order chi connectivity index (χ0) is 23.7. The lowest BCUT2D eigenvalue weighted by atomic mass is 10.0. The monoisotopic (exact) mass is 456 g/mol. The maximum absolute atomic E-state index is 14.4. The van der Waals surface area contributed by atoms with E-state index in [0.717, 1.165) is 18.4 Å². The Hall–Kier alpha value is -2.36.